The molecular formula is C17H21NO4. The monoisotopic (exact) mass is 303 g/mol. The van der Waals surface area contributed by atoms with E-state index in [0.717, 1.165) is 24.8 Å². The summed E-state index contributed by atoms with van der Waals surface area (Å²) in [6.07, 6.45) is 3.40. The van der Waals surface area contributed by atoms with Crippen LogP contribution in [0.2, 0.25) is 0 Å². The van der Waals surface area contributed by atoms with Crippen LogP contribution in [-0.2, 0) is 20.9 Å². The second-order valence-electron chi connectivity index (χ2n) is 5.98. The minimum Gasteiger partial charge on any atom is -0.467 e. The van der Waals surface area contributed by atoms with Gasteiger partial charge in [0.2, 0.25) is 0 Å². The van der Waals surface area contributed by atoms with E-state index in [2.05, 4.69) is 0 Å². The summed E-state index contributed by atoms with van der Waals surface area (Å²) in [6, 6.07) is 9.17. The number of methoxy groups -OCH3 is 1. The molecule has 3 rings (SSSR count). The van der Waals surface area contributed by atoms with Crippen molar-refractivity contribution in [1.82, 2.24) is 4.90 Å². The molecule has 1 aliphatic carbocycles. The van der Waals surface area contributed by atoms with Crippen LogP contribution in [0.5, 0.6) is 0 Å². The van der Waals surface area contributed by atoms with Gasteiger partial charge in [-0.1, -0.05) is 36.8 Å². The average Bonchev–Trinajstić information content (AvgIpc) is 3.13. The van der Waals surface area contributed by atoms with Gasteiger partial charge in [0.25, 0.3) is 0 Å². The Morgan fingerprint density at radius 3 is 2.73 bits per heavy atom. The van der Waals surface area contributed by atoms with Crippen molar-refractivity contribution < 1.29 is 19.1 Å². The van der Waals surface area contributed by atoms with Crippen LogP contribution >= 0.6 is 0 Å². The maximum Gasteiger partial charge on any atom is 0.411 e. The summed E-state index contributed by atoms with van der Waals surface area (Å²) < 4.78 is 10.3. The third-order valence-electron chi connectivity index (χ3n) is 4.73. The lowest BCUT2D eigenvalue weighted by Crippen LogP contribution is -2.45. The highest BCUT2D eigenvalue weighted by Crippen LogP contribution is 2.41. The lowest BCUT2D eigenvalue weighted by molar-refractivity contribution is -0.145. The third-order valence-corrected chi connectivity index (χ3v) is 4.73. The Kier molecular flexibility index (Phi) is 4.32. The van der Waals surface area contributed by atoms with Crippen LogP contribution in [0.4, 0.5) is 4.79 Å². The van der Waals surface area contributed by atoms with Gasteiger partial charge >= 0.3 is 12.1 Å². The van der Waals surface area contributed by atoms with Gasteiger partial charge in [0.1, 0.15) is 12.6 Å². The number of ether oxygens (including phenoxy) is 2. The Morgan fingerprint density at radius 2 is 2.00 bits per heavy atom. The summed E-state index contributed by atoms with van der Waals surface area (Å²) in [5, 5.41) is 0. The van der Waals surface area contributed by atoms with Gasteiger partial charge in [-0.15, -0.1) is 0 Å². The van der Waals surface area contributed by atoms with Gasteiger partial charge in [0.05, 0.1) is 7.11 Å². The molecule has 22 heavy (non-hydrogen) atoms. The summed E-state index contributed by atoms with van der Waals surface area (Å²) in [7, 11) is 1.36. The van der Waals surface area contributed by atoms with Crippen LogP contribution in [0.3, 0.4) is 0 Å². The summed E-state index contributed by atoms with van der Waals surface area (Å²) >= 11 is 0. The summed E-state index contributed by atoms with van der Waals surface area (Å²) in [4.78, 5) is 26.1. The molecule has 1 aliphatic heterocycles. The fourth-order valence-corrected chi connectivity index (χ4v) is 3.69. The Balaban J connectivity index is 1.69. The summed E-state index contributed by atoms with van der Waals surface area (Å²) in [5.74, 6) is 0.0550. The van der Waals surface area contributed by atoms with Crippen molar-refractivity contribution >= 4 is 12.1 Å². The van der Waals surface area contributed by atoms with Crippen molar-refractivity contribution in [3.63, 3.8) is 0 Å². The fourth-order valence-electron chi connectivity index (χ4n) is 3.69. The van der Waals surface area contributed by atoms with Crippen LogP contribution in [0.15, 0.2) is 30.3 Å². The van der Waals surface area contributed by atoms with E-state index in [4.69, 9.17) is 9.47 Å². The first-order valence-electron chi connectivity index (χ1n) is 7.77. The van der Waals surface area contributed by atoms with Gasteiger partial charge in [-0.2, -0.15) is 0 Å². The Labute approximate surface area is 130 Å². The number of carbonyl (C=O) groups is 2. The van der Waals surface area contributed by atoms with Gasteiger partial charge in [-0.25, -0.2) is 9.59 Å². The molecule has 0 radical (unpaired) electrons. The highest BCUT2D eigenvalue weighted by Gasteiger charge is 2.49. The SMILES string of the molecule is COC(=O)[C@@H]1C[C@@H]2CCC[C@@H]2N1C(=O)OCc1ccccc1. The normalized spacial score (nSPS) is 26.6. The van der Waals surface area contributed by atoms with E-state index in [9.17, 15) is 9.59 Å². The van der Waals surface area contributed by atoms with Gasteiger partial charge in [-0.3, -0.25) is 4.90 Å². The van der Waals surface area contributed by atoms with E-state index in [-0.39, 0.29) is 18.6 Å². The Hall–Kier alpha value is -2.04. The predicted molar refractivity (Wildman–Crippen MR) is 80.0 cm³/mol. The number of rotatable bonds is 3. The minimum atomic E-state index is -0.497. The zero-order chi connectivity index (χ0) is 15.5. The first kappa shape index (κ1) is 14.9. The zero-order valence-corrected chi connectivity index (χ0v) is 12.7. The lowest BCUT2D eigenvalue weighted by atomic mass is 10.0. The molecule has 1 saturated heterocycles. The first-order chi connectivity index (χ1) is 10.7. The average molecular weight is 303 g/mol. The second-order valence-corrected chi connectivity index (χ2v) is 5.98. The van der Waals surface area contributed by atoms with Crippen LogP contribution < -0.4 is 0 Å². The fraction of sp³-hybridized carbons (Fsp3) is 0.529. The van der Waals surface area contributed by atoms with E-state index in [1.165, 1.54) is 7.11 Å². The molecule has 0 bridgehead atoms. The van der Waals surface area contributed by atoms with Crippen LogP contribution in [0.1, 0.15) is 31.2 Å². The molecule has 3 atom stereocenters. The number of fused-ring (bicyclic) bond motifs is 1. The van der Waals surface area contributed by atoms with E-state index in [0.29, 0.717) is 12.3 Å². The van der Waals surface area contributed by atoms with Crippen molar-refractivity contribution in [2.75, 3.05) is 7.11 Å². The minimum absolute atomic E-state index is 0.118. The van der Waals surface area contributed by atoms with Crippen molar-refractivity contribution in [3.8, 4) is 0 Å². The van der Waals surface area contributed by atoms with Gasteiger partial charge in [0.15, 0.2) is 0 Å². The topological polar surface area (TPSA) is 55.8 Å². The highest BCUT2D eigenvalue weighted by atomic mass is 16.6. The lowest BCUT2D eigenvalue weighted by Gasteiger charge is -2.27. The maximum atomic E-state index is 12.5. The summed E-state index contributed by atoms with van der Waals surface area (Å²) in [6.45, 7) is 0.224. The Bertz CT molecular complexity index is 545. The predicted octanol–water partition coefficient (Wildman–Crippen LogP) is 2.74. The molecule has 1 heterocycles. The maximum absolute atomic E-state index is 12.5. The number of esters is 1. The van der Waals surface area contributed by atoms with Crippen LogP contribution in [0, 0.1) is 5.92 Å². The molecule has 5 nitrogen and oxygen atoms in total. The summed E-state index contributed by atoms with van der Waals surface area (Å²) in [5.41, 5.74) is 0.938. The van der Waals surface area contributed by atoms with Crippen molar-refractivity contribution in [2.45, 2.75) is 44.4 Å². The van der Waals surface area contributed by atoms with Gasteiger partial charge in [0, 0.05) is 6.04 Å². The number of hydrogen-bond donors (Lipinski definition) is 0. The number of nitrogens with zero attached hydrogens (tertiary/aromatic N) is 1. The molecule has 1 aromatic rings. The molecule has 1 aromatic carbocycles. The van der Waals surface area contributed by atoms with Crippen molar-refractivity contribution in [2.24, 2.45) is 5.92 Å². The number of benzene rings is 1. The third kappa shape index (κ3) is 2.80. The number of carbonyl (C=O) groups excluding carboxylic acids is 2. The molecule has 5 heteroatoms. The van der Waals surface area contributed by atoms with Gasteiger partial charge in [-0.05, 0) is 30.7 Å². The molecule has 0 unspecified atom stereocenters. The van der Waals surface area contributed by atoms with E-state index >= 15 is 0 Å². The van der Waals surface area contributed by atoms with Crippen molar-refractivity contribution in [3.05, 3.63) is 35.9 Å². The first-order valence-corrected chi connectivity index (χ1v) is 7.77. The van der Waals surface area contributed by atoms with Crippen LogP contribution in [0.25, 0.3) is 0 Å². The van der Waals surface area contributed by atoms with E-state index < -0.39 is 12.1 Å². The molecule has 1 amide bonds. The molecular weight excluding hydrogens is 282 g/mol. The second kappa shape index (κ2) is 6.38. The molecule has 0 spiro atoms. The van der Waals surface area contributed by atoms with Crippen LogP contribution in [-0.4, -0.2) is 36.2 Å². The molecule has 2 fully saturated rings. The molecule has 1 saturated carbocycles. The molecule has 2 aliphatic rings. The smallest absolute Gasteiger partial charge is 0.411 e. The number of amides is 1. The molecule has 118 valence electrons. The Morgan fingerprint density at radius 1 is 1.23 bits per heavy atom. The number of likely N-dealkylation sites (tertiary alicyclic amines) is 1. The van der Waals surface area contributed by atoms with Gasteiger partial charge < -0.3 is 9.47 Å². The largest absolute Gasteiger partial charge is 0.467 e. The number of hydrogen-bond acceptors (Lipinski definition) is 4. The standard InChI is InChI=1S/C17H21NO4/c1-21-16(19)15-10-13-8-5-9-14(13)18(15)17(20)22-11-12-6-3-2-4-7-12/h2-4,6-7,13-15H,5,8-11H2,1H3/t13-,14-,15-/m0/s1. The highest BCUT2D eigenvalue weighted by molar-refractivity contribution is 5.82. The molecule has 0 N–H and O–H groups in total. The van der Waals surface area contributed by atoms with E-state index in [1.54, 1.807) is 4.90 Å². The zero-order valence-electron chi connectivity index (χ0n) is 12.7. The quantitative estimate of drug-likeness (QED) is 0.806. The van der Waals surface area contributed by atoms with Crippen molar-refractivity contribution in [1.29, 1.82) is 0 Å². The molecule has 0 aromatic heterocycles. The van der Waals surface area contributed by atoms with E-state index in [1.807, 2.05) is 30.3 Å².